The first-order chi connectivity index (χ1) is 11.6. The lowest BCUT2D eigenvalue weighted by molar-refractivity contribution is -0.127. The summed E-state index contributed by atoms with van der Waals surface area (Å²) < 4.78 is 1.68. The molecule has 0 spiro atoms. The smallest absolute Gasteiger partial charge is 0.262 e. The number of hydrogen-bond donors (Lipinski definition) is 0. The summed E-state index contributed by atoms with van der Waals surface area (Å²) in [6, 6.07) is 0. The number of fused-ring (bicyclic) bond motifs is 3. The fourth-order valence-electron chi connectivity index (χ4n) is 3.58. The van der Waals surface area contributed by atoms with Gasteiger partial charge in [-0.25, -0.2) is 4.98 Å². The maximum absolute atomic E-state index is 12.8. The summed E-state index contributed by atoms with van der Waals surface area (Å²) in [5.41, 5.74) is 1.33. The Morgan fingerprint density at radius 2 is 2.00 bits per heavy atom. The van der Waals surface area contributed by atoms with Crippen LogP contribution in [0.3, 0.4) is 0 Å². The molecule has 24 heavy (non-hydrogen) atoms. The molecule has 4 rings (SSSR count). The zero-order valence-corrected chi connectivity index (χ0v) is 15.5. The second-order valence-corrected chi connectivity index (χ2v) is 8.63. The van der Waals surface area contributed by atoms with Gasteiger partial charge in [0, 0.05) is 37.2 Å². The number of carbonyl (C=O) groups is 1. The van der Waals surface area contributed by atoms with E-state index in [4.69, 9.17) is 4.98 Å². The largest absolute Gasteiger partial charge is 0.342 e. The molecule has 0 radical (unpaired) electrons. The summed E-state index contributed by atoms with van der Waals surface area (Å²) >= 11 is 3.27. The summed E-state index contributed by atoms with van der Waals surface area (Å²) in [5.74, 6) is 1.03. The van der Waals surface area contributed by atoms with Crippen molar-refractivity contribution in [3.63, 3.8) is 0 Å². The van der Waals surface area contributed by atoms with Crippen molar-refractivity contribution in [1.82, 2.24) is 14.5 Å². The molecule has 0 unspecified atom stereocenters. The molecule has 1 amide bonds. The van der Waals surface area contributed by atoms with Crippen LogP contribution >= 0.6 is 23.1 Å². The number of likely N-dealkylation sites (tertiary alicyclic amines) is 1. The molecule has 5 nitrogen and oxygen atoms in total. The third-order valence-electron chi connectivity index (χ3n) is 4.92. The van der Waals surface area contributed by atoms with E-state index in [0.29, 0.717) is 6.42 Å². The summed E-state index contributed by atoms with van der Waals surface area (Å²) in [7, 11) is 1.81. The quantitative estimate of drug-likeness (QED) is 0.619. The van der Waals surface area contributed by atoms with E-state index in [2.05, 4.69) is 0 Å². The minimum atomic E-state index is 0.0825. The lowest BCUT2D eigenvalue weighted by Gasteiger charge is -2.15. The summed E-state index contributed by atoms with van der Waals surface area (Å²) in [6.07, 6.45) is 6.11. The lowest BCUT2D eigenvalue weighted by Crippen LogP contribution is -2.27. The van der Waals surface area contributed by atoms with Crippen molar-refractivity contribution in [1.29, 1.82) is 0 Å². The lowest BCUT2D eigenvalue weighted by atomic mass is 9.97. The second-order valence-electron chi connectivity index (χ2n) is 6.48. The molecular formula is C17H21N3O2S2. The number of hydrogen-bond acceptors (Lipinski definition) is 5. The first-order valence-electron chi connectivity index (χ1n) is 8.57. The molecule has 2 aromatic heterocycles. The molecule has 1 fully saturated rings. The van der Waals surface area contributed by atoms with Crippen LogP contribution in [0, 0.1) is 0 Å². The van der Waals surface area contributed by atoms with Crippen molar-refractivity contribution in [2.75, 3.05) is 18.8 Å². The Morgan fingerprint density at radius 3 is 2.79 bits per heavy atom. The van der Waals surface area contributed by atoms with Crippen LogP contribution in [0.1, 0.15) is 36.1 Å². The van der Waals surface area contributed by atoms with Crippen LogP contribution in [-0.4, -0.2) is 39.2 Å². The van der Waals surface area contributed by atoms with E-state index in [1.165, 1.54) is 23.3 Å². The van der Waals surface area contributed by atoms with E-state index in [1.54, 1.807) is 27.7 Å². The zero-order valence-electron chi connectivity index (χ0n) is 13.8. The normalized spacial score (nSPS) is 17.7. The van der Waals surface area contributed by atoms with Crippen molar-refractivity contribution in [3.05, 3.63) is 20.8 Å². The highest BCUT2D eigenvalue weighted by Crippen LogP contribution is 2.34. The first-order valence-corrected chi connectivity index (χ1v) is 10.4. The van der Waals surface area contributed by atoms with Gasteiger partial charge in [0.1, 0.15) is 4.83 Å². The maximum atomic E-state index is 12.8. The van der Waals surface area contributed by atoms with Gasteiger partial charge in [0.15, 0.2) is 5.16 Å². The van der Waals surface area contributed by atoms with Crippen molar-refractivity contribution >= 4 is 39.2 Å². The van der Waals surface area contributed by atoms with Crippen molar-refractivity contribution in [2.45, 2.75) is 43.7 Å². The van der Waals surface area contributed by atoms with Gasteiger partial charge in [-0.1, -0.05) is 11.8 Å². The third-order valence-corrected chi connectivity index (χ3v) is 7.11. The molecule has 2 aliphatic rings. The van der Waals surface area contributed by atoms with Crippen LogP contribution in [-0.2, 0) is 24.7 Å². The maximum Gasteiger partial charge on any atom is 0.262 e. The topological polar surface area (TPSA) is 55.2 Å². The molecule has 0 aromatic carbocycles. The van der Waals surface area contributed by atoms with Gasteiger partial charge in [0.2, 0.25) is 5.91 Å². The third kappa shape index (κ3) is 2.77. The molecule has 2 aromatic rings. The Morgan fingerprint density at radius 1 is 1.17 bits per heavy atom. The molecule has 3 heterocycles. The average Bonchev–Trinajstić information content (AvgIpc) is 3.15. The highest BCUT2D eigenvalue weighted by Gasteiger charge is 2.22. The fourth-order valence-corrected chi connectivity index (χ4v) is 5.82. The standard InChI is InChI=1S/C17H21N3O2S2/c1-19-16(22)14-11-5-2-3-6-12(11)24-15(14)18-17(19)23-10-9-20-8-4-7-13(20)21/h2-10H2,1H3. The van der Waals surface area contributed by atoms with Crippen molar-refractivity contribution < 1.29 is 4.79 Å². The minimum Gasteiger partial charge on any atom is -0.342 e. The Bertz CT molecular complexity index is 856. The molecule has 0 saturated carbocycles. The zero-order chi connectivity index (χ0) is 16.7. The van der Waals surface area contributed by atoms with E-state index in [0.717, 1.165) is 53.5 Å². The number of carbonyl (C=O) groups excluding carboxylic acids is 1. The highest BCUT2D eigenvalue weighted by atomic mass is 32.2. The van der Waals surface area contributed by atoms with Gasteiger partial charge in [0.05, 0.1) is 5.39 Å². The van der Waals surface area contributed by atoms with Crippen molar-refractivity contribution in [2.24, 2.45) is 7.05 Å². The molecule has 1 aliphatic heterocycles. The number of thioether (sulfide) groups is 1. The van der Waals surface area contributed by atoms with Gasteiger partial charge in [-0.15, -0.1) is 11.3 Å². The van der Waals surface area contributed by atoms with Crippen LogP contribution in [0.5, 0.6) is 0 Å². The molecule has 0 atom stereocenters. The highest BCUT2D eigenvalue weighted by molar-refractivity contribution is 7.99. The number of thiophene rings is 1. The predicted octanol–water partition coefficient (Wildman–Crippen LogP) is 2.59. The van der Waals surface area contributed by atoms with Crippen LogP contribution in [0.15, 0.2) is 9.95 Å². The Kier molecular flexibility index (Phi) is 4.39. The number of amides is 1. The Hall–Kier alpha value is -1.34. The molecular weight excluding hydrogens is 342 g/mol. The number of aromatic nitrogens is 2. The van der Waals surface area contributed by atoms with Crippen LogP contribution in [0.25, 0.3) is 10.2 Å². The van der Waals surface area contributed by atoms with Gasteiger partial charge >= 0.3 is 0 Å². The number of rotatable bonds is 4. The van der Waals surface area contributed by atoms with E-state index < -0.39 is 0 Å². The first kappa shape index (κ1) is 16.1. The average molecular weight is 364 g/mol. The molecule has 0 N–H and O–H groups in total. The number of aryl methyl sites for hydroxylation is 2. The van der Waals surface area contributed by atoms with Gasteiger partial charge in [-0.2, -0.15) is 0 Å². The van der Waals surface area contributed by atoms with E-state index in [-0.39, 0.29) is 11.5 Å². The van der Waals surface area contributed by atoms with Gasteiger partial charge in [-0.3, -0.25) is 14.2 Å². The number of nitrogens with zero attached hydrogens (tertiary/aromatic N) is 3. The monoisotopic (exact) mass is 363 g/mol. The van der Waals surface area contributed by atoms with Crippen LogP contribution in [0.4, 0.5) is 0 Å². The van der Waals surface area contributed by atoms with Gasteiger partial charge in [-0.05, 0) is 37.7 Å². The Balaban J connectivity index is 1.58. The molecule has 7 heteroatoms. The SMILES string of the molecule is Cn1c(SCCN2CCCC2=O)nc2sc3c(c2c1=O)CCCC3. The molecule has 1 saturated heterocycles. The van der Waals surface area contributed by atoms with E-state index >= 15 is 0 Å². The fraction of sp³-hybridized carbons (Fsp3) is 0.588. The van der Waals surface area contributed by atoms with Gasteiger partial charge in [0.25, 0.3) is 5.56 Å². The molecule has 0 bridgehead atoms. The summed E-state index contributed by atoms with van der Waals surface area (Å²) in [6.45, 7) is 1.60. The molecule has 128 valence electrons. The summed E-state index contributed by atoms with van der Waals surface area (Å²) in [5, 5.41) is 1.61. The predicted molar refractivity (Wildman–Crippen MR) is 98.0 cm³/mol. The molecule has 1 aliphatic carbocycles. The Labute approximate surface area is 149 Å². The van der Waals surface area contributed by atoms with Crippen LogP contribution < -0.4 is 5.56 Å². The van der Waals surface area contributed by atoms with Gasteiger partial charge < -0.3 is 4.90 Å². The van der Waals surface area contributed by atoms with E-state index in [9.17, 15) is 9.59 Å². The minimum absolute atomic E-state index is 0.0825. The van der Waals surface area contributed by atoms with Crippen molar-refractivity contribution in [3.8, 4) is 0 Å². The van der Waals surface area contributed by atoms with Crippen LogP contribution in [0.2, 0.25) is 0 Å². The second kappa shape index (κ2) is 6.52. The summed E-state index contributed by atoms with van der Waals surface area (Å²) in [4.78, 5) is 33.4. The van der Waals surface area contributed by atoms with E-state index in [1.807, 2.05) is 11.9 Å².